The first-order valence-corrected chi connectivity index (χ1v) is 6.64. The molecule has 0 aliphatic heterocycles. The number of benzene rings is 2. The van der Waals surface area contributed by atoms with E-state index in [-0.39, 0.29) is 6.03 Å². The van der Waals surface area contributed by atoms with Gasteiger partial charge in [0.2, 0.25) is 0 Å². The summed E-state index contributed by atoms with van der Waals surface area (Å²) in [4.78, 5) is 11.9. The Hall–Kier alpha value is -2.53. The van der Waals surface area contributed by atoms with Gasteiger partial charge in [0, 0.05) is 17.9 Å². The summed E-state index contributed by atoms with van der Waals surface area (Å²) < 4.78 is 5.18. The molecule has 2 aromatic carbocycles. The zero-order valence-electron chi connectivity index (χ0n) is 12.1. The Kier molecular flexibility index (Phi) is 4.79. The maximum atomic E-state index is 11.9. The van der Waals surface area contributed by atoms with Crippen LogP contribution in [0.3, 0.4) is 0 Å². The van der Waals surface area contributed by atoms with Crippen LogP contribution in [-0.2, 0) is 6.54 Å². The molecule has 0 radical (unpaired) electrons. The van der Waals surface area contributed by atoms with Crippen molar-refractivity contribution in [3.05, 3.63) is 53.6 Å². The lowest BCUT2D eigenvalue weighted by Gasteiger charge is -2.10. The van der Waals surface area contributed by atoms with Gasteiger partial charge in [-0.05, 0) is 48.4 Å². The van der Waals surface area contributed by atoms with Crippen molar-refractivity contribution in [2.75, 3.05) is 17.7 Å². The number of aryl methyl sites for hydroxylation is 1. The van der Waals surface area contributed by atoms with Gasteiger partial charge in [0.1, 0.15) is 5.75 Å². The number of amides is 2. The summed E-state index contributed by atoms with van der Waals surface area (Å²) in [5, 5.41) is 5.55. The summed E-state index contributed by atoms with van der Waals surface area (Å²) in [6, 6.07) is 12.6. The molecular formula is C16H19N3O2. The Morgan fingerprint density at radius 3 is 2.29 bits per heavy atom. The van der Waals surface area contributed by atoms with Crippen molar-refractivity contribution in [1.82, 2.24) is 0 Å². The number of methoxy groups -OCH3 is 1. The molecule has 0 saturated carbocycles. The Bertz CT molecular complexity index is 624. The predicted molar refractivity (Wildman–Crippen MR) is 84.7 cm³/mol. The Labute approximate surface area is 124 Å². The number of urea groups is 1. The molecule has 0 unspecified atom stereocenters. The van der Waals surface area contributed by atoms with Gasteiger partial charge >= 0.3 is 6.03 Å². The number of hydrogen-bond acceptors (Lipinski definition) is 3. The average Bonchev–Trinajstić information content (AvgIpc) is 2.48. The Morgan fingerprint density at radius 2 is 1.71 bits per heavy atom. The summed E-state index contributed by atoms with van der Waals surface area (Å²) in [6.45, 7) is 2.41. The minimum atomic E-state index is -0.292. The fraction of sp³-hybridized carbons (Fsp3) is 0.188. The second-order valence-electron chi connectivity index (χ2n) is 4.66. The van der Waals surface area contributed by atoms with E-state index in [0.717, 1.165) is 22.6 Å². The lowest BCUT2D eigenvalue weighted by molar-refractivity contribution is 0.262. The summed E-state index contributed by atoms with van der Waals surface area (Å²) in [5.41, 5.74) is 8.94. The van der Waals surface area contributed by atoms with Crippen LogP contribution in [0, 0.1) is 6.92 Å². The van der Waals surface area contributed by atoms with Crippen LogP contribution in [0.1, 0.15) is 11.1 Å². The molecule has 2 amide bonds. The highest BCUT2D eigenvalue weighted by atomic mass is 16.5. The first-order valence-electron chi connectivity index (χ1n) is 6.64. The third-order valence-electron chi connectivity index (χ3n) is 3.10. The first-order chi connectivity index (χ1) is 10.1. The van der Waals surface area contributed by atoms with Crippen LogP contribution in [0.2, 0.25) is 0 Å². The Morgan fingerprint density at radius 1 is 1.10 bits per heavy atom. The van der Waals surface area contributed by atoms with E-state index < -0.39 is 0 Å². The molecule has 0 saturated heterocycles. The highest BCUT2D eigenvalue weighted by molar-refractivity contribution is 5.99. The van der Waals surface area contributed by atoms with E-state index in [1.165, 1.54) is 0 Å². The second-order valence-corrected chi connectivity index (χ2v) is 4.66. The maximum absolute atomic E-state index is 11.9. The van der Waals surface area contributed by atoms with E-state index >= 15 is 0 Å². The van der Waals surface area contributed by atoms with Gasteiger partial charge in [-0.15, -0.1) is 0 Å². The van der Waals surface area contributed by atoms with Crippen molar-refractivity contribution >= 4 is 17.4 Å². The van der Waals surface area contributed by atoms with Crippen LogP contribution in [-0.4, -0.2) is 13.1 Å². The maximum Gasteiger partial charge on any atom is 0.323 e. The normalized spacial score (nSPS) is 10.0. The van der Waals surface area contributed by atoms with Gasteiger partial charge in [-0.25, -0.2) is 4.79 Å². The van der Waals surface area contributed by atoms with Crippen LogP contribution < -0.4 is 21.1 Å². The number of hydrogen-bond donors (Lipinski definition) is 3. The summed E-state index contributed by atoms with van der Waals surface area (Å²) >= 11 is 0. The van der Waals surface area contributed by atoms with Crippen molar-refractivity contribution in [2.24, 2.45) is 5.73 Å². The summed E-state index contributed by atoms with van der Waals surface area (Å²) in [6.07, 6.45) is 0. The van der Waals surface area contributed by atoms with Gasteiger partial charge in [-0.1, -0.05) is 12.1 Å². The fourth-order valence-corrected chi connectivity index (χ4v) is 1.97. The van der Waals surface area contributed by atoms with E-state index in [2.05, 4.69) is 10.6 Å². The molecule has 110 valence electrons. The third kappa shape index (κ3) is 3.97. The number of nitrogens with one attached hydrogen (secondary N) is 2. The lowest BCUT2D eigenvalue weighted by atomic mass is 10.2. The van der Waals surface area contributed by atoms with E-state index in [0.29, 0.717) is 12.2 Å². The number of anilines is 2. The monoisotopic (exact) mass is 285 g/mol. The fourth-order valence-electron chi connectivity index (χ4n) is 1.97. The van der Waals surface area contributed by atoms with Gasteiger partial charge in [0.15, 0.2) is 0 Å². The minimum Gasteiger partial charge on any atom is -0.496 e. The summed E-state index contributed by atoms with van der Waals surface area (Å²) in [7, 11) is 1.62. The number of carbonyl (C=O) groups excluding carboxylic acids is 1. The van der Waals surface area contributed by atoms with E-state index in [9.17, 15) is 4.79 Å². The lowest BCUT2D eigenvalue weighted by Crippen LogP contribution is -2.19. The van der Waals surface area contributed by atoms with Crippen molar-refractivity contribution in [3.63, 3.8) is 0 Å². The molecule has 0 atom stereocenters. The minimum absolute atomic E-state index is 0.292. The quantitative estimate of drug-likeness (QED) is 0.808. The molecule has 0 heterocycles. The molecular weight excluding hydrogens is 266 g/mol. The molecule has 0 bridgehead atoms. The zero-order valence-corrected chi connectivity index (χ0v) is 12.1. The van der Waals surface area contributed by atoms with Gasteiger partial charge in [0.05, 0.1) is 7.11 Å². The molecule has 0 aliphatic carbocycles. The van der Waals surface area contributed by atoms with Gasteiger partial charge in [-0.3, -0.25) is 0 Å². The van der Waals surface area contributed by atoms with Crippen molar-refractivity contribution in [1.29, 1.82) is 0 Å². The highest BCUT2D eigenvalue weighted by Crippen LogP contribution is 2.21. The van der Waals surface area contributed by atoms with Gasteiger partial charge in [-0.2, -0.15) is 0 Å². The predicted octanol–water partition coefficient (Wildman–Crippen LogP) is 3.11. The average molecular weight is 285 g/mol. The van der Waals surface area contributed by atoms with Crippen LogP contribution >= 0.6 is 0 Å². The van der Waals surface area contributed by atoms with Crippen LogP contribution in [0.15, 0.2) is 42.5 Å². The summed E-state index contributed by atoms with van der Waals surface area (Å²) in [5.74, 6) is 0.790. The molecule has 5 nitrogen and oxygen atoms in total. The topological polar surface area (TPSA) is 76.4 Å². The second kappa shape index (κ2) is 6.76. The number of rotatable bonds is 4. The Balaban J connectivity index is 1.99. The molecule has 0 fully saturated rings. The standard InChI is InChI=1S/C16H19N3O2/c1-11-9-14(7-8-15(11)21-2)19-16(20)18-13-5-3-12(10-17)4-6-13/h3-9H,10,17H2,1-2H3,(H2,18,19,20). The van der Waals surface area contributed by atoms with E-state index in [1.54, 1.807) is 13.2 Å². The number of ether oxygens (including phenoxy) is 1. The molecule has 5 heteroatoms. The zero-order chi connectivity index (χ0) is 15.2. The molecule has 2 aromatic rings. The first kappa shape index (κ1) is 14.9. The van der Waals surface area contributed by atoms with E-state index in [1.807, 2.05) is 43.3 Å². The molecule has 0 aliphatic rings. The highest BCUT2D eigenvalue weighted by Gasteiger charge is 2.05. The van der Waals surface area contributed by atoms with Gasteiger partial charge in [0.25, 0.3) is 0 Å². The van der Waals surface area contributed by atoms with Crippen molar-refractivity contribution in [3.8, 4) is 5.75 Å². The smallest absolute Gasteiger partial charge is 0.323 e. The molecule has 0 aromatic heterocycles. The third-order valence-corrected chi connectivity index (χ3v) is 3.10. The largest absolute Gasteiger partial charge is 0.496 e. The molecule has 4 N–H and O–H groups in total. The number of nitrogens with two attached hydrogens (primary N) is 1. The van der Waals surface area contributed by atoms with Crippen molar-refractivity contribution < 1.29 is 9.53 Å². The SMILES string of the molecule is COc1ccc(NC(=O)Nc2ccc(CN)cc2)cc1C. The van der Waals surface area contributed by atoms with Gasteiger partial charge < -0.3 is 21.1 Å². The number of carbonyl (C=O) groups is 1. The molecule has 2 rings (SSSR count). The van der Waals surface area contributed by atoms with Crippen LogP contribution in [0.5, 0.6) is 5.75 Å². The molecule has 21 heavy (non-hydrogen) atoms. The molecule has 0 spiro atoms. The van der Waals surface area contributed by atoms with Crippen LogP contribution in [0.4, 0.5) is 16.2 Å². The van der Waals surface area contributed by atoms with Crippen molar-refractivity contribution in [2.45, 2.75) is 13.5 Å². The van der Waals surface area contributed by atoms with E-state index in [4.69, 9.17) is 10.5 Å². The van der Waals surface area contributed by atoms with Crippen LogP contribution in [0.25, 0.3) is 0 Å².